The van der Waals surface area contributed by atoms with Gasteiger partial charge in [-0.05, 0) is 37.0 Å². The van der Waals surface area contributed by atoms with Gasteiger partial charge in [-0.15, -0.1) is 0 Å². The molecule has 23 heavy (non-hydrogen) atoms. The van der Waals surface area contributed by atoms with Crippen LogP contribution in [0.4, 0.5) is 0 Å². The van der Waals surface area contributed by atoms with E-state index < -0.39 is 6.10 Å². The van der Waals surface area contributed by atoms with Crippen LogP contribution < -0.4 is 15.8 Å². The standard InChI is InChI=1S/C17H26N2O4/c1-22-8-9-23-14-5-2-12(3-6-14)11-19-17(21)13-4-7-16(20)15(18)10-13/h2-3,5-6,13,15-16,20H,4,7-11,18H2,1H3,(H,19,21)/t13-,15+,16+/m0/s1. The third-order valence-corrected chi connectivity index (χ3v) is 4.18. The minimum absolute atomic E-state index is 0.00720. The molecular weight excluding hydrogens is 296 g/mol. The van der Waals surface area contributed by atoms with E-state index in [2.05, 4.69) is 5.32 Å². The fourth-order valence-corrected chi connectivity index (χ4v) is 2.71. The number of nitrogens with two attached hydrogens (primary N) is 1. The fourth-order valence-electron chi connectivity index (χ4n) is 2.71. The van der Waals surface area contributed by atoms with E-state index in [-0.39, 0.29) is 17.9 Å². The van der Waals surface area contributed by atoms with Crippen LogP contribution >= 0.6 is 0 Å². The van der Waals surface area contributed by atoms with Crippen LogP contribution in [0.5, 0.6) is 5.75 Å². The molecule has 0 aromatic heterocycles. The Kier molecular flexibility index (Phi) is 6.83. The van der Waals surface area contributed by atoms with Crippen LogP contribution in [-0.2, 0) is 16.1 Å². The first-order valence-corrected chi connectivity index (χ1v) is 8.02. The summed E-state index contributed by atoms with van der Waals surface area (Å²) in [5.41, 5.74) is 6.84. The largest absolute Gasteiger partial charge is 0.491 e. The Morgan fingerprint density at radius 3 is 2.70 bits per heavy atom. The third-order valence-electron chi connectivity index (χ3n) is 4.18. The van der Waals surface area contributed by atoms with Crippen molar-refractivity contribution in [3.63, 3.8) is 0 Å². The predicted molar refractivity (Wildman–Crippen MR) is 87.0 cm³/mol. The van der Waals surface area contributed by atoms with E-state index in [0.717, 1.165) is 11.3 Å². The summed E-state index contributed by atoms with van der Waals surface area (Å²) >= 11 is 0. The van der Waals surface area contributed by atoms with Crippen molar-refractivity contribution in [2.24, 2.45) is 11.7 Å². The van der Waals surface area contributed by atoms with Gasteiger partial charge in [0.05, 0.1) is 12.7 Å². The molecule has 2 rings (SSSR count). The molecule has 0 heterocycles. The van der Waals surface area contributed by atoms with Gasteiger partial charge in [0.2, 0.25) is 5.91 Å². The average molecular weight is 322 g/mol. The highest BCUT2D eigenvalue weighted by Gasteiger charge is 2.30. The van der Waals surface area contributed by atoms with Crippen LogP contribution in [0.3, 0.4) is 0 Å². The van der Waals surface area contributed by atoms with Crippen molar-refractivity contribution in [3.8, 4) is 5.75 Å². The smallest absolute Gasteiger partial charge is 0.223 e. The third kappa shape index (κ3) is 5.49. The number of rotatable bonds is 7. The fraction of sp³-hybridized carbons (Fsp3) is 0.588. The van der Waals surface area contributed by atoms with E-state index >= 15 is 0 Å². The van der Waals surface area contributed by atoms with Crippen LogP contribution in [0.15, 0.2) is 24.3 Å². The monoisotopic (exact) mass is 322 g/mol. The molecule has 1 saturated carbocycles. The van der Waals surface area contributed by atoms with Gasteiger partial charge in [0.1, 0.15) is 12.4 Å². The number of hydrogen-bond acceptors (Lipinski definition) is 5. The molecule has 6 nitrogen and oxygen atoms in total. The van der Waals surface area contributed by atoms with Crippen LogP contribution in [0, 0.1) is 5.92 Å². The molecule has 1 aromatic rings. The molecule has 0 unspecified atom stereocenters. The average Bonchev–Trinajstić information content (AvgIpc) is 2.56. The quantitative estimate of drug-likeness (QED) is 0.646. The molecule has 1 aromatic carbocycles. The van der Waals surface area contributed by atoms with E-state index in [0.29, 0.717) is 39.0 Å². The van der Waals surface area contributed by atoms with Crippen LogP contribution in [-0.4, -0.2) is 43.5 Å². The SMILES string of the molecule is COCCOc1ccc(CNC(=O)[C@H]2CC[C@@H](O)[C@H](N)C2)cc1. The first kappa shape index (κ1) is 17.7. The normalized spacial score (nSPS) is 24.2. The summed E-state index contributed by atoms with van der Waals surface area (Å²) in [6, 6.07) is 7.31. The number of ether oxygens (including phenoxy) is 2. The first-order valence-electron chi connectivity index (χ1n) is 8.02. The number of nitrogens with one attached hydrogen (secondary N) is 1. The van der Waals surface area contributed by atoms with Gasteiger partial charge in [-0.3, -0.25) is 4.79 Å². The predicted octanol–water partition coefficient (Wildman–Crippen LogP) is 0.816. The Hall–Kier alpha value is -1.63. The van der Waals surface area contributed by atoms with Crippen molar-refractivity contribution in [1.29, 1.82) is 0 Å². The lowest BCUT2D eigenvalue weighted by Crippen LogP contribution is -2.44. The summed E-state index contributed by atoms with van der Waals surface area (Å²) in [6.07, 6.45) is 1.34. The number of methoxy groups -OCH3 is 1. The van der Waals surface area contributed by atoms with E-state index in [1.54, 1.807) is 7.11 Å². The number of amides is 1. The molecule has 0 bridgehead atoms. The number of aliphatic hydroxyl groups is 1. The molecule has 0 saturated heterocycles. The van der Waals surface area contributed by atoms with Gasteiger partial charge in [0.25, 0.3) is 0 Å². The highest BCUT2D eigenvalue weighted by Crippen LogP contribution is 2.23. The number of carbonyl (C=O) groups is 1. The molecule has 6 heteroatoms. The Labute approximate surface area is 137 Å². The Balaban J connectivity index is 1.75. The summed E-state index contributed by atoms with van der Waals surface area (Å²) in [6.45, 7) is 1.54. The molecule has 3 atom stereocenters. The van der Waals surface area contributed by atoms with Crippen LogP contribution in [0.2, 0.25) is 0 Å². The lowest BCUT2D eigenvalue weighted by Gasteiger charge is -2.30. The van der Waals surface area contributed by atoms with Crippen molar-refractivity contribution >= 4 is 5.91 Å². The minimum atomic E-state index is -0.482. The Bertz CT molecular complexity index is 492. The summed E-state index contributed by atoms with van der Waals surface area (Å²) < 4.78 is 10.4. The molecule has 0 aliphatic heterocycles. The maximum atomic E-state index is 12.2. The number of aliphatic hydroxyl groups excluding tert-OH is 1. The highest BCUT2D eigenvalue weighted by molar-refractivity contribution is 5.78. The Morgan fingerprint density at radius 2 is 2.04 bits per heavy atom. The van der Waals surface area contributed by atoms with Gasteiger partial charge in [0, 0.05) is 25.6 Å². The van der Waals surface area contributed by atoms with E-state index in [4.69, 9.17) is 15.2 Å². The minimum Gasteiger partial charge on any atom is -0.491 e. The van der Waals surface area contributed by atoms with Gasteiger partial charge in [-0.25, -0.2) is 0 Å². The number of benzene rings is 1. The molecule has 4 N–H and O–H groups in total. The van der Waals surface area contributed by atoms with Crippen LogP contribution in [0.1, 0.15) is 24.8 Å². The van der Waals surface area contributed by atoms with Crippen molar-refractivity contribution < 1.29 is 19.4 Å². The molecule has 0 spiro atoms. The van der Waals surface area contributed by atoms with E-state index in [9.17, 15) is 9.90 Å². The van der Waals surface area contributed by atoms with Gasteiger partial charge in [0.15, 0.2) is 0 Å². The van der Waals surface area contributed by atoms with Crippen molar-refractivity contribution in [3.05, 3.63) is 29.8 Å². The second kappa shape index (κ2) is 8.86. The van der Waals surface area contributed by atoms with Crippen molar-refractivity contribution in [2.75, 3.05) is 20.3 Å². The molecular formula is C17H26N2O4. The summed E-state index contributed by atoms with van der Waals surface area (Å²) in [4.78, 5) is 12.2. The molecule has 1 fully saturated rings. The van der Waals surface area contributed by atoms with E-state index in [1.165, 1.54) is 0 Å². The van der Waals surface area contributed by atoms with Gasteiger partial charge < -0.3 is 25.6 Å². The molecule has 128 valence electrons. The molecule has 1 amide bonds. The van der Waals surface area contributed by atoms with Gasteiger partial charge in [-0.2, -0.15) is 0 Å². The van der Waals surface area contributed by atoms with Crippen molar-refractivity contribution in [2.45, 2.75) is 38.0 Å². The molecule has 1 aliphatic carbocycles. The zero-order valence-electron chi connectivity index (χ0n) is 13.5. The van der Waals surface area contributed by atoms with Crippen LogP contribution in [0.25, 0.3) is 0 Å². The molecule has 1 aliphatic rings. The number of hydrogen-bond donors (Lipinski definition) is 3. The van der Waals surface area contributed by atoms with Crippen molar-refractivity contribution in [1.82, 2.24) is 5.32 Å². The number of carbonyl (C=O) groups excluding carboxylic acids is 1. The maximum Gasteiger partial charge on any atom is 0.223 e. The Morgan fingerprint density at radius 1 is 1.30 bits per heavy atom. The summed E-state index contributed by atoms with van der Waals surface area (Å²) in [5, 5.41) is 12.6. The second-order valence-electron chi connectivity index (χ2n) is 5.94. The summed E-state index contributed by atoms with van der Waals surface area (Å²) in [5.74, 6) is 0.683. The summed E-state index contributed by atoms with van der Waals surface area (Å²) in [7, 11) is 1.63. The topological polar surface area (TPSA) is 93.8 Å². The molecule has 0 radical (unpaired) electrons. The lowest BCUT2D eigenvalue weighted by molar-refractivity contribution is -0.127. The van der Waals surface area contributed by atoms with E-state index in [1.807, 2.05) is 24.3 Å². The zero-order valence-corrected chi connectivity index (χ0v) is 13.5. The maximum absolute atomic E-state index is 12.2. The zero-order chi connectivity index (χ0) is 16.7. The highest BCUT2D eigenvalue weighted by atomic mass is 16.5. The second-order valence-corrected chi connectivity index (χ2v) is 5.94. The first-order chi connectivity index (χ1) is 11.1. The van der Waals surface area contributed by atoms with Gasteiger partial charge >= 0.3 is 0 Å². The van der Waals surface area contributed by atoms with Gasteiger partial charge in [-0.1, -0.05) is 12.1 Å². The lowest BCUT2D eigenvalue weighted by atomic mass is 9.83.